The Kier molecular flexibility index (Phi) is 4.72. The number of fused-ring (bicyclic) bond motifs is 1. The minimum atomic E-state index is -0.948. The van der Waals surface area contributed by atoms with Crippen molar-refractivity contribution in [1.82, 2.24) is 10.1 Å². The molecule has 0 aliphatic heterocycles. The third-order valence-corrected chi connectivity index (χ3v) is 4.19. The molecule has 0 fully saturated rings. The molecule has 0 bridgehead atoms. The monoisotopic (exact) mass is 377 g/mol. The Hall–Kier alpha value is -3.74. The number of rotatable bonds is 5. The molecule has 0 unspecified atom stereocenters. The second-order valence-electron chi connectivity index (χ2n) is 6.13. The highest BCUT2D eigenvalue weighted by Crippen LogP contribution is 2.28. The lowest BCUT2D eigenvalue weighted by atomic mass is 10.0. The van der Waals surface area contributed by atoms with Crippen LogP contribution in [0.5, 0.6) is 5.75 Å². The van der Waals surface area contributed by atoms with Crippen LogP contribution in [0.2, 0.25) is 0 Å². The quantitative estimate of drug-likeness (QED) is 0.557. The van der Waals surface area contributed by atoms with E-state index in [1.165, 1.54) is 19.1 Å². The molecule has 140 valence electrons. The molecular formula is C21H16FN3O3. The fraction of sp³-hybridized carbons (Fsp3) is 0.0952. The van der Waals surface area contributed by atoms with Gasteiger partial charge in [0.1, 0.15) is 0 Å². The van der Waals surface area contributed by atoms with Gasteiger partial charge in [-0.25, -0.2) is 4.39 Å². The maximum Gasteiger partial charge on any atom is 0.270 e. The Labute approximate surface area is 159 Å². The first-order chi connectivity index (χ1) is 13.6. The van der Waals surface area contributed by atoms with Gasteiger partial charge in [0.15, 0.2) is 17.7 Å². The molecule has 7 heteroatoms. The van der Waals surface area contributed by atoms with Crippen molar-refractivity contribution in [3.8, 4) is 17.2 Å². The summed E-state index contributed by atoms with van der Waals surface area (Å²) >= 11 is 0. The van der Waals surface area contributed by atoms with Gasteiger partial charge in [0.25, 0.3) is 17.7 Å². The van der Waals surface area contributed by atoms with Crippen LogP contribution >= 0.6 is 0 Å². The van der Waals surface area contributed by atoms with Gasteiger partial charge >= 0.3 is 0 Å². The van der Waals surface area contributed by atoms with Crippen molar-refractivity contribution >= 4 is 22.6 Å². The summed E-state index contributed by atoms with van der Waals surface area (Å²) in [6.07, 6.45) is -0.948. The average Bonchev–Trinajstić information content (AvgIpc) is 3.17. The second-order valence-corrected chi connectivity index (χ2v) is 6.13. The van der Waals surface area contributed by atoms with E-state index in [2.05, 4.69) is 15.5 Å². The summed E-state index contributed by atoms with van der Waals surface area (Å²) in [6, 6.07) is 19.4. The summed E-state index contributed by atoms with van der Waals surface area (Å²) < 4.78 is 24.3. The van der Waals surface area contributed by atoms with E-state index in [1.807, 2.05) is 42.5 Å². The largest absolute Gasteiger partial charge is 0.478 e. The minimum absolute atomic E-state index is 0.00490. The number of amides is 1. The van der Waals surface area contributed by atoms with E-state index in [4.69, 9.17) is 9.26 Å². The van der Waals surface area contributed by atoms with E-state index in [-0.39, 0.29) is 17.6 Å². The summed E-state index contributed by atoms with van der Waals surface area (Å²) in [6.45, 7) is 1.51. The van der Waals surface area contributed by atoms with Crippen LogP contribution in [-0.2, 0) is 4.79 Å². The molecule has 4 rings (SSSR count). The normalized spacial score (nSPS) is 11.9. The number of hydrogen-bond donors (Lipinski definition) is 1. The third-order valence-electron chi connectivity index (χ3n) is 4.19. The second kappa shape index (κ2) is 7.48. The molecule has 4 aromatic rings. The number of aromatic nitrogens is 2. The van der Waals surface area contributed by atoms with Crippen molar-refractivity contribution < 1.29 is 18.4 Å². The number of ether oxygens (including phenoxy) is 1. The number of nitrogens with zero attached hydrogens (tertiary/aromatic N) is 2. The summed E-state index contributed by atoms with van der Waals surface area (Å²) in [7, 11) is 0. The SMILES string of the molecule is C[C@H](Oc1ccccc1F)C(=O)Nc1noc(-c2cccc3ccccc23)n1. The maximum atomic E-state index is 13.7. The number of anilines is 1. The number of para-hydroxylation sites is 1. The van der Waals surface area contributed by atoms with Gasteiger partial charge in [0.05, 0.1) is 0 Å². The van der Waals surface area contributed by atoms with Crippen LogP contribution in [0.4, 0.5) is 10.3 Å². The first kappa shape index (κ1) is 17.7. The molecule has 0 saturated heterocycles. The van der Waals surface area contributed by atoms with Gasteiger partial charge in [0, 0.05) is 5.56 Å². The van der Waals surface area contributed by atoms with Crippen molar-refractivity contribution in [2.45, 2.75) is 13.0 Å². The smallest absolute Gasteiger partial charge is 0.270 e. The topological polar surface area (TPSA) is 77.2 Å². The van der Waals surface area contributed by atoms with Crippen molar-refractivity contribution in [2.24, 2.45) is 0 Å². The Morgan fingerprint density at radius 3 is 2.68 bits per heavy atom. The highest BCUT2D eigenvalue weighted by molar-refractivity contribution is 5.95. The predicted molar refractivity (Wildman–Crippen MR) is 102 cm³/mol. The zero-order chi connectivity index (χ0) is 19.5. The number of nitrogens with one attached hydrogen (secondary N) is 1. The summed E-state index contributed by atoms with van der Waals surface area (Å²) in [5, 5.41) is 8.31. The molecule has 28 heavy (non-hydrogen) atoms. The molecule has 0 aliphatic rings. The number of hydrogen-bond acceptors (Lipinski definition) is 5. The van der Waals surface area contributed by atoms with E-state index < -0.39 is 17.8 Å². The van der Waals surface area contributed by atoms with Crippen molar-refractivity contribution in [2.75, 3.05) is 5.32 Å². The van der Waals surface area contributed by atoms with Crippen LogP contribution in [0.15, 0.2) is 71.3 Å². The summed E-state index contributed by atoms with van der Waals surface area (Å²) in [5.74, 6) is -0.769. The highest BCUT2D eigenvalue weighted by atomic mass is 19.1. The molecule has 6 nitrogen and oxygen atoms in total. The number of carbonyl (C=O) groups excluding carboxylic acids is 1. The van der Waals surface area contributed by atoms with Crippen molar-refractivity contribution in [3.05, 3.63) is 72.5 Å². The van der Waals surface area contributed by atoms with Gasteiger partial charge in [-0.3, -0.25) is 10.1 Å². The van der Waals surface area contributed by atoms with E-state index in [0.717, 1.165) is 16.3 Å². The molecule has 0 saturated carbocycles. The van der Waals surface area contributed by atoms with E-state index in [9.17, 15) is 9.18 Å². The van der Waals surface area contributed by atoms with Gasteiger partial charge in [-0.15, -0.1) is 0 Å². The molecule has 0 aliphatic carbocycles. The first-order valence-electron chi connectivity index (χ1n) is 8.66. The molecule has 1 amide bonds. The van der Waals surface area contributed by atoms with Crippen molar-refractivity contribution in [1.29, 1.82) is 0 Å². The summed E-state index contributed by atoms with van der Waals surface area (Å²) in [5.41, 5.74) is 0.766. The predicted octanol–water partition coefficient (Wildman–Crippen LogP) is 4.43. The molecule has 1 aromatic heterocycles. The fourth-order valence-corrected chi connectivity index (χ4v) is 2.79. The zero-order valence-electron chi connectivity index (χ0n) is 14.9. The molecule has 0 spiro atoms. The molecule has 3 aromatic carbocycles. The lowest BCUT2D eigenvalue weighted by Crippen LogP contribution is -2.30. The van der Waals surface area contributed by atoms with Gasteiger partial charge in [-0.1, -0.05) is 48.5 Å². The maximum absolute atomic E-state index is 13.7. The van der Waals surface area contributed by atoms with Crippen LogP contribution < -0.4 is 10.1 Å². The number of halogens is 1. The van der Waals surface area contributed by atoms with Gasteiger partial charge in [-0.2, -0.15) is 4.98 Å². The third kappa shape index (κ3) is 3.55. The minimum Gasteiger partial charge on any atom is -0.478 e. The van der Waals surface area contributed by atoms with Gasteiger partial charge < -0.3 is 9.26 Å². The zero-order valence-corrected chi connectivity index (χ0v) is 14.9. The highest BCUT2D eigenvalue weighted by Gasteiger charge is 2.19. The van der Waals surface area contributed by atoms with Crippen LogP contribution in [0.1, 0.15) is 6.92 Å². The molecule has 1 N–H and O–H groups in total. The number of carbonyl (C=O) groups is 1. The molecule has 1 atom stereocenters. The van der Waals surface area contributed by atoms with Crippen LogP contribution in [-0.4, -0.2) is 22.2 Å². The van der Waals surface area contributed by atoms with Gasteiger partial charge in [-0.05, 0) is 41.1 Å². The number of benzene rings is 3. The molecular weight excluding hydrogens is 361 g/mol. The fourth-order valence-electron chi connectivity index (χ4n) is 2.79. The van der Waals surface area contributed by atoms with E-state index >= 15 is 0 Å². The standard InChI is InChI=1S/C21H16FN3O3/c1-13(27-18-12-5-4-11-17(18)22)19(26)23-21-24-20(28-25-21)16-10-6-8-14-7-2-3-9-15(14)16/h2-13H,1H3,(H,23,25,26)/t13-/m0/s1. The van der Waals surface area contributed by atoms with Crippen LogP contribution in [0.3, 0.4) is 0 Å². The van der Waals surface area contributed by atoms with Crippen LogP contribution in [0.25, 0.3) is 22.2 Å². The van der Waals surface area contributed by atoms with Crippen molar-refractivity contribution in [3.63, 3.8) is 0 Å². The Morgan fingerprint density at radius 2 is 1.82 bits per heavy atom. The van der Waals surface area contributed by atoms with Gasteiger partial charge in [0.2, 0.25) is 0 Å². The Morgan fingerprint density at radius 1 is 1.07 bits per heavy atom. The van der Waals surface area contributed by atoms with E-state index in [0.29, 0.717) is 0 Å². The average molecular weight is 377 g/mol. The first-order valence-corrected chi connectivity index (χ1v) is 8.66. The lowest BCUT2D eigenvalue weighted by molar-refractivity contribution is -0.122. The Balaban J connectivity index is 1.50. The summed E-state index contributed by atoms with van der Waals surface area (Å²) in [4.78, 5) is 16.5. The molecule has 0 radical (unpaired) electrons. The lowest BCUT2D eigenvalue weighted by Gasteiger charge is -2.13. The van der Waals surface area contributed by atoms with Crippen LogP contribution in [0, 0.1) is 5.82 Å². The molecule has 1 heterocycles. The van der Waals surface area contributed by atoms with E-state index in [1.54, 1.807) is 12.1 Å². The Bertz CT molecular complexity index is 1140.